The lowest BCUT2D eigenvalue weighted by atomic mass is 10.4. The van der Waals surface area contributed by atoms with Crippen molar-refractivity contribution < 1.29 is 0 Å². The van der Waals surface area contributed by atoms with Crippen LogP contribution in [0.4, 0.5) is 0 Å². The van der Waals surface area contributed by atoms with Gasteiger partial charge >= 0.3 is 0 Å². The molecule has 2 nitrogen and oxygen atoms in total. The van der Waals surface area contributed by atoms with E-state index in [0.717, 1.165) is 16.5 Å². The van der Waals surface area contributed by atoms with Crippen molar-refractivity contribution in [2.75, 3.05) is 6.26 Å². The Morgan fingerprint density at radius 1 is 1.33 bits per heavy atom. The molecule has 0 N–H and O–H groups in total. The van der Waals surface area contributed by atoms with Gasteiger partial charge in [-0.1, -0.05) is 11.6 Å². The number of hydrogen-bond acceptors (Lipinski definition) is 2. The van der Waals surface area contributed by atoms with Crippen LogP contribution in [0.2, 0.25) is 5.02 Å². The maximum Gasteiger partial charge on any atom is 0.156 e. The summed E-state index contributed by atoms with van der Waals surface area (Å²) in [5, 5.41) is 1.82. The van der Waals surface area contributed by atoms with Crippen molar-refractivity contribution in [1.82, 2.24) is 9.55 Å². The molecule has 0 saturated heterocycles. The van der Waals surface area contributed by atoms with Crippen LogP contribution in [-0.4, -0.2) is 15.8 Å². The van der Waals surface area contributed by atoms with Crippen LogP contribution in [0.25, 0.3) is 5.82 Å². The first kappa shape index (κ1) is 10.6. The maximum absolute atomic E-state index is 6.12. The number of halogens is 1. The average Bonchev–Trinajstić information content (AvgIpc) is 2.60. The largest absolute Gasteiger partial charge is 0.292 e. The summed E-state index contributed by atoms with van der Waals surface area (Å²) in [6.45, 7) is 2.05. The number of rotatable bonds is 2. The van der Waals surface area contributed by atoms with E-state index in [1.165, 1.54) is 0 Å². The molecular weight excluding hydrogens is 228 g/mol. The van der Waals surface area contributed by atoms with Crippen LogP contribution in [-0.2, 0) is 0 Å². The summed E-state index contributed by atoms with van der Waals surface area (Å²) in [7, 11) is 0. The van der Waals surface area contributed by atoms with Gasteiger partial charge < -0.3 is 0 Å². The Bertz CT molecular complexity index is 479. The van der Waals surface area contributed by atoms with Crippen molar-refractivity contribution in [1.29, 1.82) is 0 Å². The number of aryl methyl sites for hydroxylation is 1. The highest BCUT2D eigenvalue weighted by molar-refractivity contribution is 7.98. The molecule has 2 aromatic heterocycles. The zero-order chi connectivity index (χ0) is 10.8. The Kier molecular flexibility index (Phi) is 3.03. The Hall–Kier alpha value is -0.930. The molecule has 0 atom stereocenters. The lowest BCUT2D eigenvalue weighted by Crippen LogP contribution is -2.01. The molecule has 0 saturated carbocycles. The number of nitrogens with zero attached hydrogens (tertiary/aromatic N) is 2. The van der Waals surface area contributed by atoms with Gasteiger partial charge in [-0.2, -0.15) is 0 Å². The van der Waals surface area contributed by atoms with Gasteiger partial charge in [0.15, 0.2) is 5.82 Å². The van der Waals surface area contributed by atoms with Gasteiger partial charge in [0, 0.05) is 11.9 Å². The van der Waals surface area contributed by atoms with Crippen molar-refractivity contribution in [2.24, 2.45) is 0 Å². The fraction of sp³-hybridized carbons (Fsp3) is 0.182. The SMILES string of the molecule is CSc1ccc(C)n1-c1ncccc1Cl. The molecule has 15 heavy (non-hydrogen) atoms. The molecule has 4 heteroatoms. The predicted molar refractivity (Wildman–Crippen MR) is 65.1 cm³/mol. The Morgan fingerprint density at radius 2 is 2.13 bits per heavy atom. The smallest absolute Gasteiger partial charge is 0.156 e. The lowest BCUT2D eigenvalue weighted by Gasteiger charge is -2.10. The third-order valence-corrected chi connectivity index (χ3v) is 3.23. The van der Waals surface area contributed by atoms with Crippen molar-refractivity contribution in [2.45, 2.75) is 11.9 Å². The van der Waals surface area contributed by atoms with Gasteiger partial charge in [0.1, 0.15) is 0 Å². The van der Waals surface area contributed by atoms with E-state index in [2.05, 4.69) is 21.7 Å². The van der Waals surface area contributed by atoms with Crippen molar-refractivity contribution in [3.05, 3.63) is 41.2 Å². The molecule has 0 radical (unpaired) electrons. The van der Waals surface area contributed by atoms with E-state index in [4.69, 9.17) is 11.6 Å². The second kappa shape index (κ2) is 4.29. The molecule has 2 rings (SSSR count). The third-order valence-electron chi connectivity index (χ3n) is 2.20. The second-order valence-corrected chi connectivity index (χ2v) is 4.40. The summed E-state index contributed by atoms with van der Waals surface area (Å²) in [5.41, 5.74) is 1.14. The van der Waals surface area contributed by atoms with E-state index in [0.29, 0.717) is 5.02 Å². The molecule has 0 bridgehead atoms. The number of pyridine rings is 1. The minimum Gasteiger partial charge on any atom is -0.292 e. The Morgan fingerprint density at radius 3 is 2.80 bits per heavy atom. The molecule has 0 aliphatic rings. The summed E-state index contributed by atoms with van der Waals surface area (Å²) >= 11 is 7.81. The van der Waals surface area contributed by atoms with Crippen molar-refractivity contribution in [3.63, 3.8) is 0 Å². The Labute approximate surface area is 98.3 Å². The highest BCUT2D eigenvalue weighted by atomic mass is 35.5. The zero-order valence-corrected chi connectivity index (χ0v) is 10.1. The summed E-state index contributed by atoms with van der Waals surface area (Å²) in [6, 6.07) is 7.83. The predicted octanol–water partition coefficient (Wildman–Crippen LogP) is 3.56. The van der Waals surface area contributed by atoms with E-state index in [1.54, 1.807) is 18.0 Å². The average molecular weight is 239 g/mol. The maximum atomic E-state index is 6.12. The van der Waals surface area contributed by atoms with Crippen LogP contribution in [0, 0.1) is 6.92 Å². The molecule has 2 heterocycles. The van der Waals surface area contributed by atoms with Crippen molar-refractivity contribution >= 4 is 23.4 Å². The van der Waals surface area contributed by atoms with Crippen molar-refractivity contribution in [3.8, 4) is 5.82 Å². The van der Waals surface area contributed by atoms with E-state index in [-0.39, 0.29) is 0 Å². The number of aromatic nitrogens is 2. The first-order chi connectivity index (χ1) is 7.24. The monoisotopic (exact) mass is 238 g/mol. The second-order valence-electron chi connectivity index (χ2n) is 3.16. The fourth-order valence-corrected chi connectivity index (χ4v) is 2.31. The molecule has 0 aliphatic heterocycles. The topological polar surface area (TPSA) is 17.8 Å². The zero-order valence-electron chi connectivity index (χ0n) is 8.57. The van der Waals surface area contributed by atoms with Crippen LogP contribution < -0.4 is 0 Å². The highest BCUT2D eigenvalue weighted by Gasteiger charge is 2.10. The van der Waals surface area contributed by atoms with Crippen LogP contribution >= 0.6 is 23.4 Å². The summed E-state index contributed by atoms with van der Waals surface area (Å²) < 4.78 is 2.06. The van der Waals surface area contributed by atoms with Crippen LogP contribution in [0.5, 0.6) is 0 Å². The number of thioether (sulfide) groups is 1. The molecule has 0 amide bonds. The molecule has 0 unspecified atom stereocenters. The summed E-state index contributed by atoms with van der Waals surface area (Å²) in [4.78, 5) is 4.31. The molecule has 0 spiro atoms. The van der Waals surface area contributed by atoms with Gasteiger partial charge in [-0.05, 0) is 37.4 Å². The van der Waals surface area contributed by atoms with E-state index in [1.807, 2.05) is 25.3 Å². The summed E-state index contributed by atoms with van der Waals surface area (Å²) in [6.07, 6.45) is 3.80. The lowest BCUT2D eigenvalue weighted by molar-refractivity contribution is 0.877. The normalized spacial score (nSPS) is 10.6. The van der Waals surface area contributed by atoms with E-state index >= 15 is 0 Å². The van der Waals surface area contributed by atoms with Gasteiger partial charge in [-0.15, -0.1) is 11.8 Å². The van der Waals surface area contributed by atoms with Gasteiger partial charge in [-0.25, -0.2) is 4.98 Å². The third kappa shape index (κ3) is 1.90. The number of hydrogen-bond donors (Lipinski definition) is 0. The molecule has 0 fully saturated rings. The summed E-state index contributed by atoms with van der Waals surface area (Å²) in [5.74, 6) is 0.797. The Balaban J connectivity index is 2.63. The van der Waals surface area contributed by atoms with Crippen LogP contribution in [0.15, 0.2) is 35.5 Å². The van der Waals surface area contributed by atoms with Crippen LogP contribution in [0.3, 0.4) is 0 Å². The van der Waals surface area contributed by atoms with E-state index in [9.17, 15) is 0 Å². The first-order valence-electron chi connectivity index (χ1n) is 4.57. The minimum atomic E-state index is 0.673. The van der Waals surface area contributed by atoms with Gasteiger partial charge in [0.25, 0.3) is 0 Å². The molecule has 0 aromatic carbocycles. The highest BCUT2D eigenvalue weighted by Crippen LogP contribution is 2.26. The van der Waals surface area contributed by atoms with E-state index < -0.39 is 0 Å². The van der Waals surface area contributed by atoms with Gasteiger partial charge in [0.05, 0.1) is 10.0 Å². The minimum absolute atomic E-state index is 0.673. The molecule has 78 valence electrons. The molecular formula is C11H11ClN2S. The first-order valence-corrected chi connectivity index (χ1v) is 6.17. The standard InChI is InChI=1S/C11H11ClN2S/c1-8-5-6-10(15-2)14(8)11-9(12)4-3-7-13-11/h3-7H,1-2H3. The quantitative estimate of drug-likeness (QED) is 0.745. The fourth-order valence-electron chi connectivity index (χ4n) is 1.49. The van der Waals surface area contributed by atoms with Gasteiger partial charge in [-0.3, -0.25) is 4.57 Å². The van der Waals surface area contributed by atoms with Crippen LogP contribution in [0.1, 0.15) is 5.69 Å². The van der Waals surface area contributed by atoms with Gasteiger partial charge in [0.2, 0.25) is 0 Å². The molecule has 2 aromatic rings. The molecule has 0 aliphatic carbocycles.